The predicted molar refractivity (Wildman–Crippen MR) is 67.7 cm³/mol. The van der Waals surface area contributed by atoms with Gasteiger partial charge in [0.25, 0.3) is 0 Å². The van der Waals surface area contributed by atoms with Gasteiger partial charge in [-0.2, -0.15) is 0 Å². The van der Waals surface area contributed by atoms with Crippen molar-refractivity contribution < 1.29 is 17.9 Å². The van der Waals surface area contributed by atoms with Gasteiger partial charge in [-0.3, -0.25) is 0 Å². The van der Waals surface area contributed by atoms with Crippen LogP contribution >= 0.6 is 10.7 Å². The van der Waals surface area contributed by atoms with Crippen LogP contribution in [0.15, 0.2) is 0 Å². The summed E-state index contributed by atoms with van der Waals surface area (Å²) in [7, 11) is 1.51. The van der Waals surface area contributed by atoms with Gasteiger partial charge in [-0.25, -0.2) is 13.2 Å². The van der Waals surface area contributed by atoms with Gasteiger partial charge in [0.15, 0.2) is 0 Å². The maximum atomic E-state index is 11.8. The molecule has 0 aliphatic carbocycles. The average Bonchev–Trinajstić information content (AvgIpc) is 1.96. The van der Waals surface area contributed by atoms with Gasteiger partial charge in [-0.1, -0.05) is 0 Å². The quantitative estimate of drug-likeness (QED) is 0.743. The lowest BCUT2D eigenvalue weighted by atomic mass is 10.2. The van der Waals surface area contributed by atoms with Gasteiger partial charge in [0.05, 0.1) is 5.75 Å². The number of ether oxygens (including phenoxy) is 1. The molecule has 0 unspecified atom stereocenters. The molecule has 0 aromatic heterocycles. The summed E-state index contributed by atoms with van der Waals surface area (Å²) in [4.78, 5) is 13.1. The van der Waals surface area contributed by atoms with Crippen molar-refractivity contribution in [2.45, 2.75) is 46.3 Å². The maximum absolute atomic E-state index is 11.8. The third-order valence-corrected chi connectivity index (χ3v) is 2.96. The molecule has 0 aromatic carbocycles. The Morgan fingerprint density at radius 1 is 1.35 bits per heavy atom. The number of carbonyl (C=O) groups excluding carboxylic acids is 1. The monoisotopic (exact) mass is 285 g/mol. The first-order valence-corrected chi connectivity index (χ1v) is 7.82. The Bertz CT molecular complexity index is 359. The lowest BCUT2D eigenvalue weighted by molar-refractivity contribution is 0.0205. The lowest BCUT2D eigenvalue weighted by Crippen LogP contribution is -2.42. The van der Waals surface area contributed by atoms with Crippen LogP contribution in [0.5, 0.6) is 0 Å². The summed E-state index contributed by atoms with van der Waals surface area (Å²) in [5.74, 6) is -0.286. The molecule has 0 saturated carbocycles. The van der Waals surface area contributed by atoms with Crippen molar-refractivity contribution in [1.29, 1.82) is 0 Å². The molecule has 0 rings (SSSR count). The Kier molecular flexibility index (Phi) is 5.74. The number of halogens is 1. The molecule has 5 nitrogen and oxygen atoms in total. The highest BCUT2D eigenvalue weighted by molar-refractivity contribution is 8.13. The normalized spacial score (nSPS) is 12.6. The van der Waals surface area contributed by atoms with Crippen LogP contribution < -0.4 is 0 Å². The molecule has 1 amide bonds. The summed E-state index contributed by atoms with van der Waals surface area (Å²) < 4.78 is 26.9. The molecule has 0 radical (unpaired) electrons. The second-order valence-corrected chi connectivity index (χ2v) is 7.91. The van der Waals surface area contributed by atoms with Gasteiger partial charge in [-0.05, 0) is 34.6 Å². The molecule has 0 saturated heterocycles. The molecular weight excluding hydrogens is 266 g/mol. The van der Waals surface area contributed by atoms with E-state index in [1.54, 1.807) is 34.6 Å². The van der Waals surface area contributed by atoms with Crippen molar-refractivity contribution in [3.05, 3.63) is 0 Å². The Hall–Kier alpha value is -0.490. The number of amides is 1. The zero-order chi connectivity index (χ0) is 13.9. The standard InChI is InChI=1S/C10H20ClNO4S/c1-8(2)12(6-7-17(11,14)15)9(13)16-10(3,4)5/h8H,6-7H2,1-5H3. The van der Waals surface area contributed by atoms with Gasteiger partial charge in [0.2, 0.25) is 9.05 Å². The molecule has 17 heavy (non-hydrogen) atoms. The van der Waals surface area contributed by atoms with Crippen LogP contribution in [0, 0.1) is 0 Å². The Morgan fingerprint density at radius 2 is 1.82 bits per heavy atom. The van der Waals surface area contributed by atoms with E-state index in [0.29, 0.717) is 0 Å². The molecule has 0 aromatic rings. The van der Waals surface area contributed by atoms with E-state index in [4.69, 9.17) is 15.4 Å². The van der Waals surface area contributed by atoms with Crippen molar-refractivity contribution in [3.8, 4) is 0 Å². The smallest absolute Gasteiger partial charge is 0.410 e. The SMILES string of the molecule is CC(C)N(CCS(=O)(=O)Cl)C(=O)OC(C)(C)C. The minimum absolute atomic E-state index is 0.0262. The first kappa shape index (κ1) is 16.5. The number of carbonyl (C=O) groups is 1. The minimum atomic E-state index is -3.61. The third kappa shape index (κ3) is 8.26. The summed E-state index contributed by atoms with van der Waals surface area (Å²) >= 11 is 0. The first-order valence-electron chi connectivity index (χ1n) is 5.34. The van der Waals surface area contributed by atoms with Crippen LogP contribution in [-0.2, 0) is 13.8 Å². The molecule has 0 spiro atoms. The molecule has 0 aliphatic rings. The third-order valence-electron chi connectivity index (χ3n) is 1.83. The van der Waals surface area contributed by atoms with Crippen LogP contribution in [0.3, 0.4) is 0 Å². The molecule has 0 aliphatic heterocycles. The van der Waals surface area contributed by atoms with E-state index in [0.717, 1.165) is 0 Å². The number of hydrogen-bond donors (Lipinski definition) is 0. The van der Waals surface area contributed by atoms with Crippen molar-refractivity contribution in [2.24, 2.45) is 0 Å². The highest BCUT2D eigenvalue weighted by Crippen LogP contribution is 2.12. The molecule has 0 N–H and O–H groups in total. The maximum Gasteiger partial charge on any atom is 0.410 e. The fourth-order valence-corrected chi connectivity index (χ4v) is 1.71. The molecule has 0 bridgehead atoms. The van der Waals surface area contributed by atoms with Crippen molar-refractivity contribution in [1.82, 2.24) is 4.90 Å². The van der Waals surface area contributed by atoms with Crippen molar-refractivity contribution >= 4 is 25.8 Å². The van der Waals surface area contributed by atoms with E-state index in [1.807, 2.05) is 0 Å². The minimum Gasteiger partial charge on any atom is -0.444 e. The van der Waals surface area contributed by atoms with Crippen LogP contribution in [0.25, 0.3) is 0 Å². The van der Waals surface area contributed by atoms with Crippen LogP contribution in [0.1, 0.15) is 34.6 Å². The zero-order valence-electron chi connectivity index (χ0n) is 10.9. The van der Waals surface area contributed by atoms with E-state index >= 15 is 0 Å². The van der Waals surface area contributed by atoms with Crippen LogP contribution in [0.2, 0.25) is 0 Å². The Morgan fingerprint density at radius 3 is 2.12 bits per heavy atom. The van der Waals surface area contributed by atoms with Gasteiger partial charge in [0, 0.05) is 23.3 Å². The van der Waals surface area contributed by atoms with E-state index < -0.39 is 20.7 Å². The summed E-state index contributed by atoms with van der Waals surface area (Å²) in [6, 6.07) is -0.150. The molecule has 7 heteroatoms. The summed E-state index contributed by atoms with van der Waals surface area (Å²) in [5, 5.41) is 0. The molecular formula is C10H20ClNO4S. The Balaban J connectivity index is 4.59. The highest BCUT2D eigenvalue weighted by Gasteiger charge is 2.25. The van der Waals surface area contributed by atoms with Crippen LogP contribution in [-0.4, -0.2) is 43.4 Å². The predicted octanol–water partition coefficient (Wildman–Crippen LogP) is 2.20. The second kappa shape index (κ2) is 5.91. The van der Waals surface area contributed by atoms with Crippen molar-refractivity contribution in [3.63, 3.8) is 0 Å². The number of rotatable bonds is 4. The van der Waals surface area contributed by atoms with Crippen molar-refractivity contribution in [2.75, 3.05) is 12.3 Å². The van der Waals surface area contributed by atoms with E-state index in [1.165, 1.54) is 4.90 Å². The molecule has 0 atom stereocenters. The summed E-state index contributed by atoms with van der Waals surface area (Å²) in [6.07, 6.45) is -0.534. The molecule has 102 valence electrons. The van der Waals surface area contributed by atoms with Crippen LogP contribution in [0.4, 0.5) is 4.79 Å². The highest BCUT2D eigenvalue weighted by atomic mass is 35.7. The molecule has 0 heterocycles. The average molecular weight is 286 g/mol. The summed E-state index contributed by atoms with van der Waals surface area (Å²) in [5.41, 5.74) is -0.607. The van der Waals surface area contributed by atoms with Gasteiger partial charge >= 0.3 is 6.09 Å². The first-order chi connectivity index (χ1) is 7.42. The fraction of sp³-hybridized carbons (Fsp3) is 0.900. The van der Waals surface area contributed by atoms with Gasteiger partial charge in [0.1, 0.15) is 5.60 Å². The zero-order valence-corrected chi connectivity index (χ0v) is 12.4. The topological polar surface area (TPSA) is 63.7 Å². The largest absolute Gasteiger partial charge is 0.444 e. The van der Waals surface area contributed by atoms with E-state index in [9.17, 15) is 13.2 Å². The number of hydrogen-bond acceptors (Lipinski definition) is 4. The number of nitrogens with zero attached hydrogens (tertiary/aromatic N) is 1. The lowest BCUT2D eigenvalue weighted by Gasteiger charge is -2.29. The van der Waals surface area contributed by atoms with Gasteiger partial charge in [-0.15, -0.1) is 0 Å². The van der Waals surface area contributed by atoms with E-state index in [2.05, 4.69) is 0 Å². The van der Waals surface area contributed by atoms with Gasteiger partial charge < -0.3 is 9.64 Å². The molecule has 0 fully saturated rings. The second-order valence-electron chi connectivity index (χ2n) is 5.01. The van der Waals surface area contributed by atoms with E-state index in [-0.39, 0.29) is 18.3 Å². The fourth-order valence-electron chi connectivity index (χ4n) is 1.09. The Labute approximate surface area is 107 Å². The summed E-state index contributed by atoms with van der Waals surface area (Å²) in [6.45, 7) is 8.85.